The lowest BCUT2D eigenvalue weighted by Crippen LogP contribution is -2.62. The number of methoxy groups -OCH3 is 1. The van der Waals surface area contributed by atoms with Crippen molar-refractivity contribution in [3.05, 3.63) is 11.1 Å². The quantitative estimate of drug-likeness (QED) is 0.296. The molecule has 218 valence electrons. The van der Waals surface area contributed by atoms with Gasteiger partial charge in [-0.25, -0.2) is 4.79 Å². The number of esters is 1. The molecule has 0 aliphatic heterocycles. The summed E-state index contributed by atoms with van der Waals surface area (Å²) in [6.45, 7) is 30.8. The van der Waals surface area contributed by atoms with Crippen LogP contribution in [-0.4, -0.2) is 31.3 Å². The van der Waals surface area contributed by atoms with E-state index in [-0.39, 0.29) is 34.4 Å². The van der Waals surface area contributed by atoms with E-state index in [4.69, 9.17) is 9.47 Å². The summed E-state index contributed by atoms with van der Waals surface area (Å²) in [5.41, 5.74) is 2.94. The Balaban J connectivity index is 2.09. The number of hydrogen-bond donors (Lipinski definition) is 1. The van der Waals surface area contributed by atoms with Crippen LogP contribution in [-0.2, 0) is 14.3 Å². The highest BCUT2D eigenvalue weighted by Crippen LogP contribution is 2.70. The van der Waals surface area contributed by atoms with Gasteiger partial charge in [0.05, 0.1) is 13.0 Å². The van der Waals surface area contributed by atoms with Crippen molar-refractivity contribution < 1.29 is 19.1 Å². The van der Waals surface area contributed by atoms with E-state index in [1.54, 1.807) is 0 Å². The number of allylic oxidation sites excluding steroid dienone is 1. The molecule has 0 aromatic carbocycles. The minimum atomic E-state index is -0.533. The average Bonchev–Trinajstić information content (AvgIpc) is 2.84. The number of fused-ring (bicyclic) bond motifs is 3. The minimum Gasteiger partial charge on any atom is -0.458 e. The molecular weight excluding hydrogens is 474 g/mol. The molecule has 0 saturated heterocycles. The highest BCUT2D eigenvalue weighted by molar-refractivity contribution is 5.75. The second-order valence-corrected chi connectivity index (χ2v) is 14.7. The summed E-state index contributed by atoms with van der Waals surface area (Å²) in [4.78, 5) is 25.1. The normalized spacial score (nSPS) is 44.2. The predicted octanol–water partition coefficient (Wildman–Crippen LogP) is 7.89. The van der Waals surface area contributed by atoms with Crippen molar-refractivity contribution >= 4 is 12.1 Å². The van der Waals surface area contributed by atoms with Crippen molar-refractivity contribution in [2.45, 2.75) is 115 Å². The highest BCUT2D eigenvalue weighted by atomic mass is 16.5. The predicted molar refractivity (Wildman–Crippen MR) is 154 cm³/mol. The number of nitrogens with one attached hydrogen (secondary N) is 1. The number of carbonyl (C=O) groups is 2. The van der Waals surface area contributed by atoms with Crippen LogP contribution in [0.2, 0.25) is 0 Å². The fraction of sp³-hybridized carbons (Fsp3) is 0.879. The van der Waals surface area contributed by atoms with E-state index in [1.807, 2.05) is 13.8 Å². The van der Waals surface area contributed by atoms with Gasteiger partial charge in [0.25, 0.3) is 0 Å². The molecule has 2 fully saturated rings. The summed E-state index contributed by atoms with van der Waals surface area (Å²) < 4.78 is 11.1. The summed E-state index contributed by atoms with van der Waals surface area (Å²) in [6.07, 6.45) is 1.34. The molecule has 38 heavy (non-hydrogen) atoms. The molecule has 0 radical (unpaired) electrons. The van der Waals surface area contributed by atoms with Crippen LogP contribution >= 0.6 is 0 Å². The first-order valence-electron chi connectivity index (χ1n) is 15.1. The SMILES string of the molecule is COC(=O)NC(C)C(C)C(=O)OC1CC2(C)C(C)C3C(C)C(C)CC(C)[C@@]3(C)C(C)C(C)C(=C1C)C2(C)C. The number of ether oxygens (including phenoxy) is 2. The van der Waals surface area contributed by atoms with Crippen molar-refractivity contribution in [2.75, 3.05) is 7.11 Å². The molecule has 2 bridgehead atoms. The second-order valence-electron chi connectivity index (χ2n) is 14.7. The Morgan fingerprint density at radius 3 is 2.11 bits per heavy atom. The molecule has 0 aromatic rings. The first-order chi connectivity index (χ1) is 17.4. The Hall–Kier alpha value is -1.52. The van der Waals surface area contributed by atoms with Gasteiger partial charge in [-0.15, -0.1) is 0 Å². The van der Waals surface area contributed by atoms with Crippen LogP contribution in [0.3, 0.4) is 0 Å². The Morgan fingerprint density at radius 1 is 0.974 bits per heavy atom. The molecule has 0 aromatic heterocycles. The molecule has 2 saturated carbocycles. The largest absolute Gasteiger partial charge is 0.458 e. The molecular formula is C33H57NO4. The smallest absolute Gasteiger partial charge is 0.407 e. The van der Waals surface area contributed by atoms with Crippen LogP contribution in [0.25, 0.3) is 0 Å². The molecule has 3 rings (SSSR count). The summed E-state index contributed by atoms with van der Waals surface area (Å²) in [6, 6.07) is -0.381. The van der Waals surface area contributed by atoms with Gasteiger partial charge in [-0.3, -0.25) is 4.79 Å². The van der Waals surface area contributed by atoms with Crippen molar-refractivity contribution in [2.24, 2.45) is 63.6 Å². The number of carbonyl (C=O) groups excluding carboxylic acids is 2. The Kier molecular flexibility index (Phi) is 8.54. The zero-order valence-electron chi connectivity index (χ0n) is 26.8. The van der Waals surface area contributed by atoms with E-state index in [0.717, 1.165) is 6.42 Å². The van der Waals surface area contributed by atoms with Gasteiger partial charge in [0.1, 0.15) is 6.10 Å². The van der Waals surface area contributed by atoms with Crippen LogP contribution in [0.5, 0.6) is 0 Å². The lowest BCUT2D eigenvalue weighted by Gasteiger charge is -2.67. The average molecular weight is 532 g/mol. The topological polar surface area (TPSA) is 64.6 Å². The monoisotopic (exact) mass is 531 g/mol. The van der Waals surface area contributed by atoms with E-state index in [0.29, 0.717) is 41.4 Å². The van der Waals surface area contributed by atoms with Crippen LogP contribution < -0.4 is 5.32 Å². The molecule has 1 N–H and O–H groups in total. The van der Waals surface area contributed by atoms with Gasteiger partial charge in [0.2, 0.25) is 0 Å². The number of hydrogen-bond acceptors (Lipinski definition) is 4. The third-order valence-corrected chi connectivity index (χ3v) is 13.2. The van der Waals surface area contributed by atoms with Crippen LogP contribution in [0, 0.1) is 63.6 Å². The fourth-order valence-electron chi connectivity index (χ4n) is 9.61. The van der Waals surface area contributed by atoms with Crippen molar-refractivity contribution in [3.63, 3.8) is 0 Å². The molecule has 3 aliphatic carbocycles. The highest BCUT2D eigenvalue weighted by Gasteiger charge is 2.64. The van der Waals surface area contributed by atoms with Gasteiger partial charge < -0.3 is 14.8 Å². The van der Waals surface area contributed by atoms with Crippen LogP contribution in [0.4, 0.5) is 4.79 Å². The van der Waals surface area contributed by atoms with Gasteiger partial charge >= 0.3 is 12.1 Å². The van der Waals surface area contributed by atoms with E-state index in [2.05, 4.69) is 81.5 Å². The Bertz CT molecular complexity index is 955. The van der Waals surface area contributed by atoms with Crippen LogP contribution in [0.15, 0.2) is 11.1 Å². The molecule has 11 unspecified atom stereocenters. The van der Waals surface area contributed by atoms with Crippen LogP contribution in [0.1, 0.15) is 103 Å². The number of alkyl carbamates (subject to hydrolysis) is 1. The molecule has 3 aliphatic rings. The zero-order chi connectivity index (χ0) is 29.1. The van der Waals surface area contributed by atoms with Crippen molar-refractivity contribution in [1.29, 1.82) is 0 Å². The van der Waals surface area contributed by atoms with E-state index in [1.165, 1.54) is 24.7 Å². The Morgan fingerprint density at radius 2 is 1.55 bits per heavy atom. The standard InChI is InChI=1S/C33H57NO4/c1-17-15-18(2)33(13)23(7)20(4)27-22(6)26(38-29(35)21(5)25(9)34-30(36)37-14)16-32(12,31(27,10)11)24(8)28(33)19(17)3/h17-21,23-26,28H,15-16H2,1-14H3,(H,34,36)/t17?,18?,19?,20?,21?,23?,24?,25?,26?,28?,32?,33-/m0/s1. The minimum absolute atomic E-state index is 0.0105. The van der Waals surface area contributed by atoms with E-state index >= 15 is 0 Å². The molecule has 0 heterocycles. The summed E-state index contributed by atoms with van der Waals surface area (Å²) >= 11 is 0. The maximum Gasteiger partial charge on any atom is 0.407 e. The van der Waals surface area contributed by atoms with E-state index in [9.17, 15) is 9.59 Å². The third kappa shape index (κ3) is 4.52. The molecule has 5 heteroatoms. The van der Waals surface area contributed by atoms with Crippen molar-refractivity contribution in [3.8, 4) is 0 Å². The summed E-state index contributed by atoms with van der Waals surface area (Å²) in [5, 5.41) is 2.73. The first-order valence-corrected chi connectivity index (χ1v) is 15.1. The van der Waals surface area contributed by atoms with Crippen molar-refractivity contribution in [1.82, 2.24) is 5.32 Å². The number of rotatable bonds is 4. The third-order valence-electron chi connectivity index (χ3n) is 13.2. The lowest BCUT2D eigenvalue weighted by molar-refractivity contribution is -0.173. The summed E-state index contributed by atoms with van der Waals surface area (Å²) in [7, 11) is 1.33. The molecule has 12 atom stereocenters. The Labute approximate surface area is 233 Å². The van der Waals surface area contributed by atoms with Gasteiger partial charge in [0.15, 0.2) is 0 Å². The molecule has 0 spiro atoms. The first kappa shape index (κ1) is 31.0. The lowest BCUT2D eigenvalue weighted by atomic mass is 9.37. The van der Waals surface area contributed by atoms with Gasteiger partial charge in [-0.05, 0) is 96.9 Å². The molecule has 5 nitrogen and oxygen atoms in total. The number of amides is 1. The molecule has 1 amide bonds. The zero-order valence-corrected chi connectivity index (χ0v) is 26.8. The maximum atomic E-state index is 13.4. The van der Waals surface area contributed by atoms with Gasteiger partial charge in [0, 0.05) is 6.04 Å². The van der Waals surface area contributed by atoms with Gasteiger partial charge in [-0.2, -0.15) is 0 Å². The van der Waals surface area contributed by atoms with E-state index < -0.39 is 12.0 Å². The summed E-state index contributed by atoms with van der Waals surface area (Å²) in [5.74, 6) is 3.27. The second kappa shape index (κ2) is 10.5. The van der Waals surface area contributed by atoms with Gasteiger partial charge in [-0.1, -0.05) is 74.8 Å². The fourth-order valence-corrected chi connectivity index (χ4v) is 9.61. The maximum absolute atomic E-state index is 13.4.